The first-order valence-electron chi connectivity index (χ1n) is 9.28. The van der Waals surface area contributed by atoms with Gasteiger partial charge >= 0.3 is 0 Å². The van der Waals surface area contributed by atoms with Crippen LogP contribution in [0.5, 0.6) is 0 Å². The summed E-state index contributed by atoms with van der Waals surface area (Å²) in [5.41, 5.74) is 2.34. The zero-order valence-corrected chi connectivity index (χ0v) is 15.8. The monoisotopic (exact) mass is 336 g/mol. The number of benzene rings is 1. The van der Waals surface area contributed by atoms with Crippen molar-refractivity contribution in [2.24, 2.45) is 16.7 Å². The normalized spacial score (nSPS) is 29.0. The van der Waals surface area contributed by atoms with Crippen molar-refractivity contribution < 1.29 is 9.59 Å². The summed E-state index contributed by atoms with van der Waals surface area (Å²) in [7, 11) is 0. The van der Waals surface area contributed by atoms with Crippen LogP contribution in [0.1, 0.15) is 58.9 Å². The van der Waals surface area contributed by atoms with Crippen LogP contribution >= 0.6 is 0 Å². The molecule has 25 heavy (non-hydrogen) atoms. The van der Waals surface area contributed by atoms with E-state index in [1.165, 1.54) is 0 Å². The first kappa shape index (κ1) is 17.8. The minimum atomic E-state index is -0.197. The molecule has 0 radical (unpaired) electrons. The fraction of sp³-hybridized carbons (Fsp3) is 0.478. The molecule has 0 unspecified atom stereocenters. The van der Waals surface area contributed by atoms with Crippen LogP contribution in [0.3, 0.4) is 0 Å². The highest BCUT2D eigenvalue weighted by Gasteiger charge is 2.53. The van der Waals surface area contributed by atoms with Gasteiger partial charge in [0.25, 0.3) is 0 Å². The van der Waals surface area contributed by atoms with E-state index >= 15 is 0 Å². The quantitative estimate of drug-likeness (QED) is 0.693. The molecule has 2 heteroatoms. The van der Waals surface area contributed by atoms with Gasteiger partial charge < -0.3 is 0 Å². The molecule has 0 aliphatic heterocycles. The summed E-state index contributed by atoms with van der Waals surface area (Å²) in [6.07, 6.45) is 7.31. The fourth-order valence-corrected chi connectivity index (χ4v) is 5.11. The number of hydrogen-bond donors (Lipinski definition) is 0. The molecule has 132 valence electrons. The first-order valence-corrected chi connectivity index (χ1v) is 9.28. The summed E-state index contributed by atoms with van der Waals surface area (Å²) in [5, 5.41) is 0. The molecular formula is C23H28O2. The lowest BCUT2D eigenvalue weighted by atomic mass is 9.49. The Hall–Kier alpha value is -1.96. The average molecular weight is 336 g/mol. The Morgan fingerprint density at radius 2 is 1.80 bits per heavy atom. The Morgan fingerprint density at radius 1 is 1.12 bits per heavy atom. The van der Waals surface area contributed by atoms with Gasteiger partial charge in [-0.1, -0.05) is 63.6 Å². The molecule has 0 spiro atoms. The molecule has 2 aliphatic carbocycles. The molecule has 0 aromatic heterocycles. The molecule has 0 amide bonds. The van der Waals surface area contributed by atoms with E-state index in [-0.39, 0.29) is 28.3 Å². The minimum absolute atomic E-state index is 0.000368. The summed E-state index contributed by atoms with van der Waals surface area (Å²) in [5.74, 6) is 0.391. The van der Waals surface area contributed by atoms with Gasteiger partial charge in [-0.3, -0.25) is 9.59 Å². The average Bonchev–Trinajstić information content (AvgIpc) is 2.56. The predicted octanol–water partition coefficient (Wildman–Crippen LogP) is 5.39. The van der Waals surface area contributed by atoms with E-state index in [1.54, 1.807) is 6.08 Å². The third kappa shape index (κ3) is 3.15. The molecular weight excluding hydrogens is 308 g/mol. The van der Waals surface area contributed by atoms with Crippen LogP contribution in [0.2, 0.25) is 0 Å². The van der Waals surface area contributed by atoms with Crippen molar-refractivity contribution >= 4 is 17.6 Å². The summed E-state index contributed by atoms with van der Waals surface area (Å²) >= 11 is 0. The van der Waals surface area contributed by atoms with Gasteiger partial charge in [0.05, 0.1) is 0 Å². The van der Waals surface area contributed by atoms with Gasteiger partial charge in [0.2, 0.25) is 0 Å². The van der Waals surface area contributed by atoms with E-state index in [0.717, 1.165) is 30.4 Å². The highest BCUT2D eigenvalue weighted by molar-refractivity contribution is 6.14. The second-order valence-electron chi connectivity index (χ2n) is 8.55. The van der Waals surface area contributed by atoms with Crippen molar-refractivity contribution in [1.29, 1.82) is 0 Å². The number of carbonyl (C=O) groups excluding carboxylic acids is 2. The van der Waals surface area contributed by atoms with Gasteiger partial charge in [-0.2, -0.15) is 0 Å². The minimum Gasteiger partial charge on any atom is -0.295 e. The molecule has 1 aromatic carbocycles. The third-order valence-electron chi connectivity index (χ3n) is 6.46. The zero-order chi connectivity index (χ0) is 18.2. The molecule has 1 aromatic rings. The van der Waals surface area contributed by atoms with E-state index in [2.05, 4.69) is 20.8 Å². The number of hydrogen-bond acceptors (Lipinski definition) is 2. The summed E-state index contributed by atoms with van der Waals surface area (Å²) in [4.78, 5) is 25.7. The Labute approximate surface area is 151 Å². The lowest BCUT2D eigenvalue weighted by Gasteiger charge is -2.53. The van der Waals surface area contributed by atoms with Crippen molar-refractivity contribution in [3.63, 3.8) is 0 Å². The molecule has 0 bridgehead atoms. The highest BCUT2D eigenvalue weighted by Crippen LogP contribution is 2.58. The van der Waals surface area contributed by atoms with Crippen LogP contribution in [-0.2, 0) is 9.59 Å². The summed E-state index contributed by atoms with van der Waals surface area (Å²) in [6, 6.07) is 9.83. The van der Waals surface area contributed by atoms with E-state index in [1.807, 2.05) is 43.3 Å². The first-order chi connectivity index (χ1) is 11.8. The molecule has 0 saturated heterocycles. The van der Waals surface area contributed by atoms with Gasteiger partial charge in [0.1, 0.15) is 0 Å². The number of Topliss-reactive ketones (excluding diaryl/α,β-unsaturated/α-hetero) is 1. The Morgan fingerprint density at radius 3 is 2.48 bits per heavy atom. The molecule has 2 atom stereocenters. The molecule has 2 nitrogen and oxygen atoms in total. The second-order valence-corrected chi connectivity index (χ2v) is 8.55. The third-order valence-corrected chi connectivity index (χ3v) is 6.46. The molecule has 1 saturated carbocycles. The Bertz CT molecular complexity index is 752. The van der Waals surface area contributed by atoms with Crippen LogP contribution in [0, 0.1) is 16.7 Å². The zero-order valence-electron chi connectivity index (χ0n) is 15.8. The SMILES string of the molecule is CC1=C(C(=O)/C=C/c2ccccc2)[C@@]2(C)CCCC(C)(C)[C@@H]2CC1=O. The summed E-state index contributed by atoms with van der Waals surface area (Å²) < 4.78 is 0. The summed E-state index contributed by atoms with van der Waals surface area (Å²) in [6.45, 7) is 8.56. The van der Waals surface area contributed by atoms with Crippen LogP contribution in [0.4, 0.5) is 0 Å². The molecule has 2 aliphatic rings. The van der Waals surface area contributed by atoms with Gasteiger partial charge in [-0.05, 0) is 48.3 Å². The number of carbonyl (C=O) groups is 2. The van der Waals surface area contributed by atoms with Gasteiger partial charge in [0.15, 0.2) is 11.6 Å². The van der Waals surface area contributed by atoms with Crippen molar-refractivity contribution in [2.45, 2.75) is 53.4 Å². The second kappa shape index (κ2) is 6.40. The number of ketones is 2. The topological polar surface area (TPSA) is 34.1 Å². The van der Waals surface area contributed by atoms with E-state index in [0.29, 0.717) is 12.0 Å². The van der Waals surface area contributed by atoms with Gasteiger partial charge in [-0.15, -0.1) is 0 Å². The van der Waals surface area contributed by atoms with Crippen molar-refractivity contribution in [3.05, 3.63) is 53.1 Å². The van der Waals surface area contributed by atoms with Crippen LogP contribution in [0.25, 0.3) is 6.08 Å². The number of fused-ring (bicyclic) bond motifs is 1. The molecule has 0 heterocycles. The maximum atomic E-state index is 13.1. The number of rotatable bonds is 3. The Balaban J connectivity index is 2.00. The standard InChI is InChI=1S/C23H28O2/c1-16-19(25)15-20-22(2,3)13-8-14-23(20,4)21(16)18(24)12-11-17-9-6-5-7-10-17/h5-7,9-12,20H,8,13-15H2,1-4H3/b12-11+/t20-,23-/m0/s1. The van der Waals surface area contributed by atoms with E-state index in [9.17, 15) is 9.59 Å². The lowest BCUT2D eigenvalue weighted by Crippen LogP contribution is -2.48. The van der Waals surface area contributed by atoms with Gasteiger partial charge in [-0.25, -0.2) is 0 Å². The molecule has 0 N–H and O–H groups in total. The van der Waals surface area contributed by atoms with E-state index in [4.69, 9.17) is 0 Å². The van der Waals surface area contributed by atoms with E-state index < -0.39 is 0 Å². The lowest BCUT2D eigenvalue weighted by molar-refractivity contribution is -0.125. The molecule has 1 fully saturated rings. The maximum Gasteiger partial charge on any atom is 0.182 e. The fourth-order valence-electron chi connectivity index (χ4n) is 5.11. The largest absolute Gasteiger partial charge is 0.295 e. The van der Waals surface area contributed by atoms with Crippen molar-refractivity contribution in [1.82, 2.24) is 0 Å². The number of allylic oxidation sites excluding steroid dienone is 3. The van der Waals surface area contributed by atoms with Crippen LogP contribution < -0.4 is 0 Å². The highest BCUT2D eigenvalue weighted by atomic mass is 16.1. The predicted molar refractivity (Wildman–Crippen MR) is 102 cm³/mol. The van der Waals surface area contributed by atoms with Crippen molar-refractivity contribution in [2.75, 3.05) is 0 Å². The smallest absolute Gasteiger partial charge is 0.182 e. The van der Waals surface area contributed by atoms with Crippen LogP contribution in [0.15, 0.2) is 47.6 Å². The van der Waals surface area contributed by atoms with Gasteiger partial charge in [0, 0.05) is 17.4 Å². The van der Waals surface area contributed by atoms with Crippen LogP contribution in [-0.4, -0.2) is 11.6 Å². The van der Waals surface area contributed by atoms with Crippen molar-refractivity contribution in [3.8, 4) is 0 Å². The Kier molecular flexibility index (Phi) is 4.57. The maximum absolute atomic E-state index is 13.1. The molecule has 3 rings (SSSR count).